The average Bonchev–Trinajstić information content (AvgIpc) is 2.11. The summed E-state index contributed by atoms with van der Waals surface area (Å²) in [6.45, 7) is 10.2. The lowest BCUT2D eigenvalue weighted by Crippen LogP contribution is -2.33. The number of phosphoric ester groups is 1. The molecule has 104 valence electrons. The first-order valence-electron chi connectivity index (χ1n) is 6.36. The van der Waals surface area contributed by atoms with Gasteiger partial charge in [-0.15, -0.1) is 0 Å². The maximum atomic E-state index is 11.1. The van der Waals surface area contributed by atoms with E-state index in [1.807, 2.05) is 20.8 Å². The predicted molar refractivity (Wildman–Crippen MR) is 69.7 cm³/mol. The summed E-state index contributed by atoms with van der Waals surface area (Å²) < 4.78 is 16.2. The van der Waals surface area contributed by atoms with E-state index in [1.54, 1.807) is 0 Å². The van der Waals surface area contributed by atoms with Crippen LogP contribution < -0.4 is 0 Å². The van der Waals surface area contributed by atoms with Crippen LogP contribution in [0, 0.1) is 11.8 Å². The van der Waals surface area contributed by atoms with Gasteiger partial charge in [-0.1, -0.05) is 34.6 Å². The maximum Gasteiger partial charge on any atom is 0.470 e. The molecule has 0 amide bonds. The highest BCUT2D eigenvalue weighted by molar-refractivity contribution is 7.46. The molecule has 0 saturated carbocycles. The van der Waals surface area contributed by atoms with Gasteiger partial charge < -0.3 is 9.79 Å². The average molecular weight is 266 g/mol. The number of hydrogen-bond acceptors (Lipinski definition) is 2. The fourth-order valence-corrected chi connectivity index (χ4v) is 2.92. The summed E-state index contributed by atoms with van der Waals surface area (Å²) in [6, 6.07) is 0. The van der Waals surface area contributed by atoms with E-state index in [9.17, 15) is 4.57 Å². The van der Waals surface area contributed by atoms with Crippen LogP contribution in [0.4, 0.5) is 0 Å². The van der Waals surface area contributed by atoms with Gasteiger partial charge in [0.1, 0.15) is 0 Å². The Labute approximate surface area is 105 Å². The predicted octanol–water partition coefficient (Wildman–Crippen LogP) is 3.73. The van der Waals surface area contributed by atoms with Gasteiger partial charge in [0, 0.05) is 0 Å². The van der Waals surface area contributed by atoms with Gasteiger partial charge >= 0.3 is 7.82 Å². The van der Waals surface area contributed by atoms with Crippen molar-refractivity contribution < 1.29 is 18.9 Å². The van der Waals surface area contributed by atoms with Gasteiger partial charge in [0.05, 0.1) is 5.60 Å². The molecule has 0 fully saturated rings. The smallest absolute Gasteiger partial charge is 0.303 e. The molecule has 17 heavy (non-hydrogen) atoms. The first-order valence-corrected chi connectivity index (χ1v) is 7.89. The summed E-state index contributed by atoms with van der Waals surface area (Å²) in [5.41, 5.74) is -0.683. The van der Waals surface area contributed by atoms with E-state index in [4.69, 9.17) is 14.3 Å². The van der Waals surface area contributed by atoms with Crippen LogP contribution in [0.25, 0.3) is 0 Å². The van der Waals surface area contributed by atoms with Crippen LogP contribution in [0.5, 0.6) is 0 Å². The second kappa shape index (κ2) is 6.89. The quantitative estimate of drug-likeness (QED) is 0.657. The summed E-state index contributed by atoms with van der Waals surface area (Å²) in [6.07, 6.45) is 2.93. The summed E-state index contributed by atoms with van der Waals surface area (Å²) in [7, 11) is -4.42. The van der Waals surface area contributed by atoms with Crippen molar-refractivity contribution in [2.24, 2.45) is 11.8 Å². The molecule has 0 heterocycles. The highest BCUT2D eigenvalue weighted by atomic mass is 31.2. The molecule has 0 bridgehead atoms. The van der Waals surface area contributed by atoms with E-state index >= 15 is 0 Å². The Hall–Kier alpha value is 0.110. The van der Waals surface area contributed by atoms with Crippen LogP contribution in [-0.2, 0) is 9.09 Å². The number of rotatable bonds is 8. The lowest BCUT2D eigenvalue weighted by molar-refractivity contribution is 0.00193. The Morgan fingerprint density at radius 1 is 1.18 bits per heavy atom. The molecule has 2 N–H and O–H groups in total. The van der Waals surface area contributed by atoms with Crippen molar-refractivity contribution in [2.75, 3.05) is 0 Å². The van der Waals surface area contributed by atoms with Crippen molar-refractivity contribution in [2.45, 2.75) is 65.9 Å². The van der Waals surface area contributed by atoms with Gasteiger partial charge in [-0.05, 0) is 37.5 Å². The molecule has 1 atom stereocenters. The van der Waals surface area contributed by atoms with E-state index in [0.717, 1.165) is 6.42 Å². The van der Waals surface area contributed by atoms with Crippen molar-refractivity contribution >= 4 is 7.82 Å². The molecule has 0 aliphatic carbocycles. The van der Waals surface area contributed by atoms with Gasteiger partial charge in [0.15, 0.2) is 0 Å². The molecule has 0 saturated heterocycles. The normalized spacial score (nSPS) is 16.5. The van der Waals surface area contributed by atoms with Crippen LogP contribution >= 0.6 is 7.82 Å². The van der Waals surface area contributed by atoms with Crippen molar-refractivity contribution in [1.82, 2.24) is 0 Å². The Balaban J connectivity index is 4.80. The SMILES string of the molecule is CCC(CCC(C)C)(CC(C)C)OP(=O)(O)O. The zero-order chi connectivity index (χ0) is 13.7. The van der Waals surface area contributed by atoms with Crippen LogP contribution in [-0.4, -0.2) is 15.4 Å². The monoisotopic (exact) mass is 266 g/mol. The van der Waals surface area contributed by atoms with E-state index in [0.29, 0.717) is 31.1 Å². The van der Waals surface area contributed by atoms with Crippen LogP contribution in [0.3, 0.4) is 0 Å². The van der Waals surface area contributed by atoms with Crippen molar-refractivity contribution in [1.29, 1.82) is 0 Å². The second-order valence-electron chi connectivity index (χ2n) is 5.65. The number of hydrogen-bond donors (Lipinski definition) is 2. The molecular formula is C12H27O4P. The van der Waals surface area contributed by atoms with Gasteiger partial charge in [0.2, 0.25) is 0 Å². The highest BCUT2D eigenvalue weighted by Gasteiger charge is 2.36. The lowest BCUT2D eigenvalue weighted by atomic mass is 9.84. The molecule has 0 aromatic carbocycles. The fourth-order valence-electron chi connectivity index (χ4n) is 2.12. The molecule has 0 radical (unpaired) electrons. The first kappa shape index (κ1) is 17.1. The fraction of sp³-hybridized carbons (Fsp3) is 1.00. The Kier molecular flexibility index (Phi) is 6.93. The molecule has 0 rings (SSSR count). The van der Waals surface area contributed by atoms with Crippen molar-refractivity contribution in [3.8, 4) is 0 Å². The van der Waals surface area contributed by atoms with Gasteiger partial charge in [0.25, 0.3) is 0 Å². The second-order valence-corrected chi connectivity index (χ2v) is 6.81. The summed E-state index contributed by atoms with van der Waals surface area (Å²) >= 11 is 0. The summed E-state index contributed by atoms with van der Waals surface area (Å²) in [4.78, 5) is 18.1. The standard InChI is InChI=1S/C12H27O4P/c1-6-12(9-11(4)5,8-7-10(2)3)16-17(13,14)15/h10-11H,6-9H2,1-5H3,(H2,13,14,15). The minimum absolute atomic E-state index is 0.355. The summed E-state index contributed by atoms with van der Waals surface area (Å²) in [5, 5.41) is 0. The minimum atomic E-state index is -4.42. The largest absolute Gasteiger partial charge is 0.470 e. The van der Waals surface area contributed by atoms with Crippen molar-refractivity contribution in [3.63, 3.8) is 0 Å². The number of phosphoric acid groups is 1. The molecule has 4 nitrogen and oxygen atoms in total. The molecular weight excluding hydrogens is 239 g/mol. The van der Waals surface area contributed by atoms with E-state index in [1.165, 1.54) is 0 Å². The Morgan fingerprint density at radius 2 is 1.71 bits per heavy atom. The van der Waals surface area contributed by atoms with Gasteiger partial charge in [-0.25, -0.2) is 4.57 Å². The van der Waals surface area contributed by atoms with Gasteiger partial charge in [-0.3, -0.25) is 4.52 Å². The lowest BCUT2D eigenvalue weighted by Gasteiger charge is -2.35. The summed E-state index contributed by atoms with van der Waals surface area (Å²) in [5.74, 6) is 0.863. The minimum Gasteiger partial charge on any atom is -0.303 e. The maximum absolute atomic E-state index is 11.1. The zero-order valence-electron chi connectivity index (χ0n) is 11.6. The molecule has 1 unspecified atom stereocenters. The van der Waals surface area contributed by atoms with Gasteiger partial charge in [-0.2, -0.15) is 0 Å². The Bertz CT molecular complexity index is 259. The molecule has 5 heteroatoms. The molecule has 0 aliphatic heterocycles. The van der Waals surface area contributed by atoms with Crippen LogP contribution in [0.1, 0.15) is 60.3 Å². The third-order valence-electron chi connectivity index (χ3n) is 2.91. The molecule has 0 spiro atoms. The third kappa shape index (κ3) is 7.93. The van der Waals surface area contributed by atoms with Crippen molar-refractivity contribution in [3.05, 3.63) is 0 Å². The molecule has 0 aliphatic rings. The van der Waals surface area contributed by atoms with Crippen LogP contribution in [0.15, 0.2) is 0 Å². The highest BCUT2D eigenvalue weighted by Crippen LogP contribution is 2.47. The Morgan fingerprint density at radius 3 is 2.00 bits per heavy atom. The van der Waals surface area contributed by atoms with Crippen LogP contribution in [0.2, 0.25) is 0 Å². The van der Waals surface area contributed by atoms with E-state index in [2.05, 4.69) is 13.8 Å². The molecule has 0 aromatic rings. The molecule has 0 aromatic heterocycles. The first-order chi connectivity index (χ1) is 7.60. The topological polar surface area (TPSA) is 66.8 Å². The van der Waals surface area contributed by atoms with E-state index < -0.39 is 13.4 Å². The zero-order valence-corrected chi connectivity index (χ0v) is 12.5. The van der Waals surface area contributed by atoms with E-state index in [-0.39, 0.29) is 0 Å². The third-order valence-corrected chi connectivity index (χ3v) is 3.54.